The molecule has 1 aliphatic carbocycles. The van der Waals surface area contributed by atoms with Gasteiger partial charge in [0.15, 0.2) is 5.75 Å². The third-order valence-electron chi connectivity index (χ3n) is 3.80. The predicted octanol–water partition coefficient (Wildman–Crippen LogP) is 4.06. The van der Waals surface area contributed by atoms with Crippen molar-refractivity contribution >= 4 is 34.0 Å². The number of nitro benzene ring substituents is 1. The van der Waals surface area contributed by atoms with Crippen LogP contribution in [0.2, 0.25) is 0 Å². The molecule has 112 valence electrons. The van der Waals surface area contributed by atoms with Crippen LogP contribution in [0.4, 0.5) is 5.69 Å². The molecule has 0 aromatic heterocycles. The molecule has 0 spiro atoms. The van der Waals surface area contributed by atoms with Crippen LogP contribution in [-0.2, 0) is 0 Å². The van der Waals surface area contributed by atoms with E-state index in [0.29, 0.717) is 10.0 Å². The molecule has 0 aliphatic heterocycles. The quantitative estimate of drug-likeness (QED) is 0.624. The van der Waals surface area contributed by atoms with E-state index in [-0.39, 0.29) is 35.8 Å². The Labute approximate surface area is 132 Å². The summed E-state index contributed by atoms with van der Waals surface area (Å²) in [5.41, 5.74) is 6.38. The topological polar surface area (TPSA) is 89.4 Å². The van der Waals surface area contributed by atoms with E-state index in [0.717, 1.165) is 25.7 Å². The minimum atomic E-state index is -0.586. The summed E-state index contributed by atoms with van der Waals surface area (Å²) in [4.78, 5) is 10.3. The lowest BCUT2D eigenvalue weighted by Gasteiger charge is -2.28. The molecule has 1 saturated carbocycles. The van der Waals surface area contributed by atoms with Gasteiger partial charge in [-0.05, 0) is 24.8 Å². The molecule has 1 atom stereocenters. The Bertz CT molecular complexity index is 493. The second-order valence-corrected chi connectivity index (χ2v) is 5.96. The number of phenols is 1. The van der Waals surface area contributed by atoms with Gasteiger partial charge in [-0.1, -0.05) is 35.2 Å². The molecule has 2 rings (SSSR count). The molecular weight excluding hydrogens is 348 g/mol. The average Bonchev–Trinajstić information content (AvgIpc) is 2.41. The van der Waals surface area contributed by atoms with Crippen molar-refractivity contribution in [2.24, 2.45) is 11.7 Å². The van der Waals surface area contributed by atoms with Crippen molar-refractivity contribution in [1.82, 2.24) is 0 Å². The summed E-state index contributed by atoms with van der Waals surface area (Å²) in [7, 11) is 0. The van der Waals surface area contributed by atoms with Gasteiger partial charge < -0.3 is 10.8 Å². The van der Waals surface area contributed by atoms with Gasteiger partial charge in [0.1, 0.15) is 0 Å². The van der Waals surface area contributed by atoms with Crippen molar-refractivity contribution < 1.29 is 10.0 Å². The fraction of sp³-hybridized carbons (Fsp3) is 0.538. The fourth-order valence-electron chi connectivity index (χ4n) is 2.75. The molecule has 0 bridgehead atoms. The van der Waals surface area contributed by atoms with E-state index < -0.39 is 4.92 Å². The monoisotopic (exact) mass is 364 g/mol. The number of benzene rings is 1. The Morgan fingerprint density at radius 1 is 1.35 bits per heavy atom. The van der Waals surface area contributed by atoms with E-state index >= 15 is 0 Å². The number of nitrogens with two attached hydrogens (primary N) is 1. The lowest BCUT2D eigenvalue weighted by molar-refractivity contribution is -0.386. The molecule has 1 aromatic carbocycles. The summed E-state index contributed by atoms with van der Waals surface area (Å²) >= 11 is 3.24. The van der Waals surface area contributed by atoms with Gasteiger partial charge >= 0.3 is 5.69 Å². The van der Waals surface area contributed by atoms with Gasteiger partial charge in [-0.2, -0.15) is 0 Å². The van der Waals surface area contributed by atoms with Gasteiger partial charge in [-0.15, -0.1) is 12.4 Å². The van der Waals surface area contributed by atoms with Crippen LogP contribution in [-0.4, -0.2) is 10.0 Å². The summed E-state index contributed by atoms with van der Waals surface area (Å²) < 4.78 is 0.568. The van der Waals surface area contributed by atoms with E-state index in [1.54, 1.807) is 6.07 Å². The van der Waals surface area contributed by atoms with E-state index in [1.165, 1.54) is 12.5 Å². The van der Waals surface area contributed by atoms with Crippen molar-refractivity contribution in [2.45, 2.75) is 38.1 Å². The zero-order chi connectivity index (χ0) is 14.0. The van der Waals surface area contributed by atoms with E-state index in [4.69, 9.17) is 5.73 Å². The number of rotatable bonds is 3. The van der Waals surface area contributed by atoms with Crippen LogP contribution < -0.4 is 5.73 Å². The number of hydrogen-bond acceptors (Lipinski definition) is 4. The highest BCUT2D eigenvalue weighted by molar-refractivity contribution is 9.10. The van der Waals surface area contributed by atoms with Crippen LogP contribution in [0.3, 0.4) is 0 Å². The molecule has 7 heteroatoms. The summed E-state index contributed by atoms with van der Waals surface area (Å²) in [5.74, 6) is -0.0140. The van der Waals surface area contributed by atoms with Gasteiger partial charge in [0.25, 0.3) is 0 Å². The van der Waals surface area contributed by atoms with Crippen molar-refractivity contribution in [3.63, 3.8) is 0 Å². The van der Waals surface area contributed by atoms with Crippen LogP contribution in [0.25, 0.3) is 0 Å². The number of aromatic hydroxyl groups is 1. The molecule has 1 fully saturated rings. The maximum atomic E-state index is 10.9. The normalized spacial score (nSPS) is 17.3. The highest BCUT2D eigenvalue weighted by Crippen LogP contribution is 2.41. The zero-order valence-electron chi connectivity index (χ0n) is 10.9. The van der Waals surface area contributed by atoms with E-state index in [2.05, 4.69) is 15.9 Å². The molecule has 5 nitrogen and oxygen atoms in total. The summed E-state index contributed by atoms with van der Waals surface area (Å²) in [6.45, 7) is 0. The number of halogens is 2. The first kappa shape index (κ1) is 17.2. The maximum Gasteiger partial charge on any atom is 0.312 e. The summed E-state index contributed by atoms with van der Waals surface area (Å²) in [6.07, 6.45) is 5.51. The Balaban J connectivity index is 0.00000200. The lowest BCUT2D eigenvalue weighted by Crippen LogP contribution is -2.23. The highest BCUT2D eigenvalue weighted by Gasteiger charge is 2.28. The maximum absolute atomic E-state index is 10.9. The Hall–Kier alpha value is -0.850. The Kier molecular flexibility index (Phi) is 6.23. The average molecular weight is 366 g/mol. The molecule has 3 N–H and O–H groups in total. The first-order chi connectivity index (χ1) is 9.00. The number of hydrogen-bond donors (Lipinski definition) is 2. The smallest absolute Gasteiger partial charge is 0.312 e. The second-order valence-electron chi connectivity index (χ2n) is 5.04. The third-order valence-corrected chi connectivity index (χ3v) is 4.26. The number of nitro groups is 1. The van der Waals surface area contributed by atoms with Gasteiger partial charge in [0, 0.05) is 22.1 Å². The molecule has 20 heavy (non-hydrogen) atoms. The Morgan fingerprint density at radius 2 is 1.95 bits per heavy atom. The van der Waals surface area contributed by atoms with Gasteiger partial charge in [0.2, 0.25) is 0 Å². The van der Waals surface area contributed by atoms with Gasteiger partial charge in [0.05, 0.1) is 4.92 Å². The SMILES string of the molecule is Cl.N[C@H](c1cc(Br)cc([N+](=O)[O-])c1O)C1CCCCC1. The van der Waals surface area contributed by atoms with Crippen LogP contribution in [0.5, 0.6) is 5.75 Å². The van der Waals surface area contributed by atoms with Crippen LogP contribution in [0.15, 0.2) is 16.6 Å². The minimum Gasteiger partial charge on any atom is -0.502 e. The first-order valence-electron chi connectivity index (χ1n) is 6.43. The Morgan fingerprint density at radius 3 is 2.50 bits per heavy atom. The molecule has 1 aromatic rings. The van der Waals surface area contributed by atoms with Crippen molar-refractivity contribution in [1.29, 1.82) is 0 Å². The number of phenolic OH excluding ortho intramolecular Hbond substituents is 1. The summed E-state index contributed by atoms with van der Waals surface area (Å²) in [5, 5.41) is 21.0. The second kappa shape index (κ2) is 7.24. The predicted molar refractivity (Wildman–Crippen MR) is 83.2 cm³/mol. The fourth-order valence-corrected chi connectivity index (χ4v) is 3.21. The van der Waals surface area contributed by atoms with Crippen LogP contribution >= 0.6 is 28.3 Å². The van der Waals surface area contributed by atoms with E-state index in [1.807, 2.05) is 0 Å². The van der Waals surface area contributed by atoms with Crippen molar-refractivity contribution in [3.8, 4) is 5.75 Å². The highest BCUT2D eigenvalue weighted by atomic mass is 79.9. The van der Waals surface area contributed by atoms with Crippen molar-refractivity contribution in [3.05, 3.63) is 32.3 Å². The molecule has 0 amide bonds. The summed E-state index contributed by atoms with van der Waals surface area (Å²) in [6, 6.07) is 2.63. The third kappa shape index (κ3) is 3.62. The standard InChI is InChI=1S/C13H17BrN2O3.ClH/c14-9-6-10(13(17)11(7-9)16(18)19)12(15)8-4-2-1-3-5-8;/h6-8,12,17H,1-5,15H2;1H/t12-;/m0./s1. The first-order valence-corrected chi connectivity index (χ1v) is 7.22. The number of nitrogens with zero attached hydrogens (tertiary/aromatic N) is 1. The van der Waals surface area contributed by atoms with Crippen molar-refractivity contribution in [2.75, 3.05) is 0 Å². The molecular formula is C13H18BrClN2O3. The molecule has 1 aliphatic rings. The largest absolute Gasteiger partial charge is 0.502 e. The van der Waals surface area contributed by atoms with Gasteiger partial charge in [-0.3, -0.25) is 10.1 Å². The van der Waals surface area contributed by atoms with Gasteiger partial charge in [-0.25, -0.2) is 0 Å². The molecule has 0 saturated heterocycles. The lowest BCUT2D eigenvalue weighted by atomic mass is 9.81. The van der Waals surface area contributed by atoms with Crippen LogP contribution in [0.1, 0.15) is 43.7 Å². The zero-order valence-corrected chi connectivity index (χ0v) is 13.3. The molecule has 0 unspecified atom stereocenters. The van der Waals surface area contributed by atoms with Crippen LogP contribution in [0, 0.1) is 16.0 Å². The molecule has 0 radical (unpaired) electrons. The minimum absolute atomic E-state index is 0. The van der Waals surface area contributed by atoms with E-state index in [9.17, 15) is 15.2 Å². The molecule has 0 heterocycles.